The van der Waals surface area contributed by atoms with Crippen LogP contribution in [0.2, 0.25) is 0 Å². The lowest BCUT2D eigenvalue weighted by atomic mass is 10.2. The number of carbonyl (C=O) groups excluding carboxylic acids is 1. The maximum atomic E-state index is 12.2. The topological polar surface area (TPSA) is 102 Å². The van der Waals surface area contributed by atoms with Crippen molar-refractivity contribution in [1.82, 2.24) is 19.7 Å². The summed E-state index contributed by atoms with van der Waals surface area (Å²) in [7, 11) is 0. The number of nitrogens with one attached hydrogen (secondary N) is 1. The zero-order valence-corrected chi connectivity index (χ0v) is 11.6. The molecule has 0 saturated carbocycles. The first kappa shape index (κ1) is 13.7. The van der Waals surface area contributed by atoms with Gasteiger partial charge in [-0.05, 0) is 29.8 Å². The zero-order chi connectivity index (χ0) is 15.5. The SMILES string of the molecule is Nc1cnc2ccc(C(=O)NCc3ccncc3)cn2c1=O. The number of nitrogens with two attached hydrogens (primary N) is 1. The molecule has 0 unspecified atom stereocenters. The Morgan fingerprint density at radius 1 is 1.23 bits per heavy atom. The Morgan fingerprint density at radius 2 is 2.00 bits per heavy atom. The summed E-state index contributed by atoms with van der Waals surface area (Å²) in [6, 6.07) is 6.84. The first-order chi connectivity index (χ1) is 10.6. The van der Waals surface area contributed by atoms with Gasteiger partial charge in [0.25, 0.3) is 11.5 Å². The average Bonchev–Trinajstić information content (AvgIpc) is 2.57. The van der Waals surface area contributed by atoms with Crippen LogP contribution in [-0.4, -0.2) is 20.3 Å². The standard InChI is InChI=1S/C15H13N5O2/c16-12-8-18-13-2-1-11(9-20(13)15(12)22)14(21)19-7-10-3-5-17-6-4-10/h1-6,8-9H,7,16H2,(H,19,21). The van der Waals surface area contributed by atoms with Crippen LogP contribution in [0.1, 0.15) is 15.9 Å². The van der Waals surface area contributed by atoms with Crippen LogP contribution in [0.15, 0.2) is 53.8 Å². The molecule has 7 heteroatoms. The molecule has 3 aromatic rings. The van der Waals surface area contributed by atoms with Gasteiger partial charge in [-0.2, -0.15) is 0 Å². The third-order valence-electron chi connectivity index (χ3n) is 3.19. The fourth-order valence-electron chi connectivity index (χ4n) is 2.01. The van der Waals surface area contributed by atoms with E-state index in [1.165, 1.54) is 16.8 Å². The molecule has 3 heterocycles. The Morgan fingerprint density at radius 3 is 2.77 bits per heavy atom. The molecule has 0 radical (unpaired) electrons. The second kappa shape index (κ2) is 5.65. The van der Waals surface area contributed by atoms with Crippen LogP contribution < -0.4 is 16.6 Å². The normalized spacial score (nSPS) is 10.5. The van der Waals surface area contributed by atoms with Gasteiger partial charge >= 0.3 is 0 Å². The molecule has 0 aliphatic rings. The summed E-state index contributed by atoms with van der Waals surface area (Å²) in [6.45, 7) is 0.378. The van der Waals surface area contributed by atoms with E-state index in [0.717, 1.165) is 5.56 Å². The maximum absolute atomic E-state index is 12.2. The highest BCUT2D eigenvalue weighted by Gasteiger charge is 2.08. The molecular weight excluding hydrogens is 282 g/mol. The minimum absolute atomic E-state index is 0.0341. The Labute approximate surface area is 125 Å². The molecule has 0 fully saturated rings. The molecule has 0 bridgehead atoms. The van der Waals surface area contributed by atoms with E-state index >= 15 is 0 Å². The fraction of sp³-hybridized carbons (Fsp3) is 0.0667. The van der Waals surface area contributed by atoms with Gasteiger partial charge in [-0.1, -0.05) is 0 Å². The molecule has 3 aromatic heterocycles. The maximum Gasteiger partial charge on any atom is 0.281 e. The molecule has 0 saturated heterocycles. The molecule has 0 atom stereocenters. The predicted octanol–water partition coefficient (Wildman–Crippen LogP) is 0.602. The Hall–Kier alpha value is -3.22. The Kier molecular flexibility index (Phi) is 3.53. The van der Waals surface area contributed by atoms with Crippen molar-refractivity contribution >= 4 is 17.2 Å². The average molecular weight is 295 g/mol. The summed E-state index contributed by atoms with van der Waals surface area (Å²) < 4.78 is 1.26. The summed E-state index contributed by atoms with van der Waals surface area (Å²) in [5.41, 5.74) is 6.91. The lowest BCUT2D eigenvalue weighted by molar-refractivity contribution is 0.0950. The van der Waals surface area contributed by atoms with Crippen LogP contribution in [0.3, 0.4) is 0 Å². The molecule has 3 rings (SSSR count). The first-order valence-corrected chi connectivity index (χ1v) is 6.59. The van der Waals surface area contributed by atoms with Crippen molar-refractivity contribution in [2.24, 2.45) is 0 Å². The van der Waals surface area contributed by atoms with Gasteiger partial charge in [-0.25, -0.2) is 4.98 Å². The number of aromatic nitrogens is 3. The van der Waals surface area contributed by atoms with Crippen LogP contribution in [-0.2, 0) is 6.54 Å². The van der Waals surface area contributed by atoms with Crippen molar-refractivity contribution in [1.29, 1.82) is 0 Å². The van der Waals surface area contributed by atoms with Crippen LogP contribution in [0.5, 0.6) is 0 Å². The van der Waals surface area contributed by atoms with Gasteiger partial charge in [0.2, 0.25) is 0 Å². The van der Waals surface area contributed by atoms with Crippen molar-refractivity contribution in [3.05, 3.63) is 70.5 Å². The van der Waals surface area contributed by atoms with Crippen molar-refractivity contribution < 1.29 is 4.79 Å². The lowest BCUT2D eigenvalue weighted by Gasteiger charge is -2.07. The van der Waals surface area contributed by atoms with Crippen molar-refractivity contribution in [2.75, 3.05) is 5.73 Å². The number of fused-ring (bicyclic) bond motifs is 1. The van der Waals surface area contributed by atoms with Gasteiger partial charge in [0.1, 0.15) is 11.3 Å². The molecule has 0 aromatic carbocycles. The second-order valence-electron chi connectivity index (χ2n) is 4.70. The van der Waals surface area contributed by atoms with E-state index in [9.17, 15) is 9.59 Å². The predicted molar refractivity (Wildman–Crippen MR) is 81.3 cm³/mol. The summed E-state index contributed by atoms with van der Waals surface area (Å²) in [5.74, 6) is -0.284. The minimum atomic E-state index is -0.395. The van der Waals surface area contributed by atoms with Gasteiger partial charge in [0.05, 0.1) is 11.8 Å². The largest absolute Gasteiger partial charge is 0.393 e. The monoisotopic (exact) mass is 295 g/mol. The molecular formula is C15H13N5O2. The number of anilines is 1. The number of nitrogens with zero attached hydrogens (tertiary/aromatic N) is 3. The number of rotatable bonds is 3. The van der Waals surface area contributed by atoms with Crippen molar-refractivity contribution in [3.8, 4) is 0 Å². The van der Waals surface area contributed by atoms with Gasteiger partial charge in [0.15, 0.2) is 0 Å². The van der Waals surface area contributed by atoms with E-state index in [4.69, 9.17) is 5.73 Å². The van der Waals surface area contributed by atoms with Crippen LogP contribution in [0.25, 0.3) is 5.65 Å². The second-order valence-corrected chi connectivity index (χ2v) is 4.70. The molecule has 3 N–H and O–H groups in total. The highest BCUT2D eigenvalue weighted by atomic mass is 16.1. The van der Waals surface area contributed by atoms with Gasteiger partial charge in [-0.15, -0.1) is 0 Å². The Balaban J connectivity index is 1.85. The first-order valence-electron chi connectivity index (χ1n) is 6.59. The minimum Gasteiger partial charge on any atom is -0.393 e. The summed E-state index contributed by atoms with van der Waals surface area (Å²) in [5, 5.41) is 2.78. The van der Waals surface area contributed by atoms with E-state index in [-0.39, 0.29) is 11.6 Å². The van der Waals surface area contributed by atoms with Crippen LogP contribution in [0.4, 0.5) is 5.69 Å². The highest BCUT2D eigenvalue weighted by Crippen LogP contribution is 2.04. The molecule has 0 spiro atoms. The van der Waals surface area contributed by atoms with Crippen LogP contribution in [0, 0.1) is 0 Å². The van der Waals surface area contributed by atoms with Gasteiger partial charge < -0.3 is 11.1 Å². The number of carbonyl (C=O) groups is 1. The fourth-order valence-corrected chi connectivity index (χ4v) is 2.01. The summed E-state index contributed by atoms with van der Waals surface area (Å²) >= 11 is 0. The number of amides is 1. The molecule has 1 amide bonds. The van der Waals surface area contributed by atoms with Gasteiger partial charge in [0, 0.05) is 25.1 Å². The third-order valence-corrected chi connectivity index (χ3v) is 3.19. The van der Waals surface area contributed by atoms with Crippen molar-refractivity contribution in [3.63, 3.8) is 0 Å². The molecule has 22 heavy (non-hydrogen) atoms. The molecule has 0 aliphatic carbocycles. The van der Waals surface area contributed by atoms with Gasteiger partial charge in [-0.3, -0.25) is 19.0 Å². The number of nitrogen functional groups attached to an aromatic ring is 1. The molecule has 0 aliphatic heterocycles. The number of hydrogen-bond acceptors (Lipinski definition) is 5. The lowest BCUT2D eigenvalue weighted by Crippen LogP contribution is -2.25. The third kappa shape index (κ3) is 2.64. The number of pyridine rings is 2. The van der Waals surface area contributed by atoms with E-state index in [1.807, 2.05) is 12.1 Å². The number of hydrogen-bond donors (Lipinski definition) is 2. The van der Waals surface area contributed by atoms with E-state index < -0.39 is 5.56 Å². The quantitative estimate of drug-likeness (QED) is 0.736. The molecule has 110 valence electrons. The summed E-state index contributed by atoms with van der Waals surface area (Å²) in [4.78, 5) is 32.1. The summed E-state index contributed by atoms with van der Waals surface area (Å²) in [6.07, 6.45) is 6.06. The van der Waals surface area contributed by atoms with Crippen molar-refractivity contribution in [2.45, 2.75) is 6.54 Å². The Bertz CT molecular complexity index is 889. The smallest absolute Gasteiger partial charge is 0.281 e. The highest BCUT2D eigenvalue weighted by molar-refractivity contribution is 5.94. The van der Waals surface area contributed by atoms with E-state index in [1.54, 1.807) is 24.5 Å². The van der Waals surface area contributed by atoms with E-state index in [0.29, 0.717) is 17.8 Å². The molecule has 7 nitrogen and oxygen atoms in total. The van der Waals surface area contributed by atoms with E-state index in [2.05, 4.69) is 15.3 Å². The zero-order valence-electron chi connectivity index (χ0n) is 11.6. The van der Waals surface area contributed by atoms with Crippen LogP contribution >= 0.6 is 0 Å².